The SMILES string of the molecule is CCC(CC)(CN)NC(=O)C(C)Oc1cccnc1.Cl.Cl. The molecule has 0 aliphatic heterocycles. The number of carbonyl (C=O) groups is 1. The van der Waals surface area contributed by atoms with Crippen molar-refractivity contribution in [2.45, 2.75) is 45.3 Å². The molecule has 0 aliphatic carbocycles. The summed E-state index contributed by atoms with van der Waals surface area (Å²) >= 11 is 0. The van der Waals surface area contributed by atoms with Gasteiger partial charge in [-0.15, -0.1) is 24.8 Å². The molecule has 1 rings (SSSR count). The third-order valence-electron chi connectivity index (χ3n) is 3.45. The normalized spacial score (nSPS) is 11.6. The third kappa shape index (κ3) is 6.50. The summed E-state index contributed by atoms with van der Waals surface area (Å²) in [6.07, 6.45) is 4.26. The van der Waals surface area contributed by atoms with E-state index in [1.54, 1.807) is 31.5 Å². The Morgan fingerprint density at radius 1 is 1.43 bits per heavy atom. The van der Waals surface area contributed by atoms with Crippen LogP contribution in [0.3, 0.4) is 0 Å². The Morgan fingerprint density at radius 3 is 2.48 bits per heavy atom. The van der Waals surface area contributed by atoms with Gasteiger partial charge in [0, 0.05) is 12.7 Å². The first-order chi connectivity index (χ1) is 9.06. The van der Waals surface area contributed by atoms with Crippen LogP contribution in [0.1, 0.15) is 33.6 Å². The minimum atomic E-state index is -0.576. The zero-order chi connectivity index (χ0) is 14.3. The van der Waals surface area contributed by atoms with Crippen molar-refractivity contribution in [2.75, 3.05) is 6.54 Å². The molecule has 1 aromatic heterocycles. The average Bonchev–Trinajstić information content (AvgIpc) is 2.45. The van der Waals surface area contributed by atoms with E-state index in [0.29, 0.717) is 12.3 Å². The number of aromatic nitrogens is 1. The predicted octanol–water partition coefficient (Wildman–Crippen LogP) is 2.33. The molecule has 1 aromatic rings. The summed E-state index contributed by atoms with van der Waals surface area (Å²) in [6.45, 7) is 6.17. The molecule has 5 nitrogen and oxygen atoms in total. The molecule has 1 amide bonds. The third-order valence-corrected chi connectivity index (χ3v) is 3.45. The zero-order valence-corrected chi connectivity index (χ0v) is 14.3. The van der Waals surface area contributed by atoms with Crippen molar-refractivity contribution >= 4 is 30.7 Å². The molecule has 0 fully saturated rings. The van der Waals surface area contributed by atoms with E-state index >= 15 is 0 Å². The smallest absolute Gasteiger partial charge is 0.261 e. The molecule has 1 atom stereocenters. The van der Waals surface area contributed by atoms with Gasteiger partial charge in [-0.3, -0.25) is 9.78 Å². The van der Waals surface area contributed by atoms with Gasteiger partial charge in [-0.25, -0.2) is 0 Å². The van der Waals surface area contributed by atoms with Crippen LogP contribution in [-0.2, 0) is 4.79 Å². The molecule has 0 aromatic carbocycles. The molecule has 1 unspecified atom stereocenters. The lowest BCUT2D eigenvalue weighted by Crippen LogP contribution is -2.55. The first-order valence-electron chi connectivity index (χ1n) is 6.65. The number of nitrogens with two attached hydrogens (primary N) is 1. The Balaban J connectivity index is 0. The molecule has 21 heavy (non-hydrogen) atoms. The van der Waals surface area contributed by atoms with E-state index in [9.17, 15) is 4.79 Å². The van der Waals surface area contributed by atoms with Crippen molar-refractivity contribution in [1.29, 1.82) is 0 Å². The number of carbonyl (C=O) groups excluding carboxylic acids is 1. The molecular weight excluding hydrogens is 313 g/mol. The van der Waals surface area contributed by atoms with E-state index in [4.69, 9.17) is 10.5 Å². The monoisotopic (exact) mass is 337 g/mol. The van der Waals surface area contributed by atoms with Crippen LogP contribution in [0.5, 0.6) is 5.75 Å². The van der Waals surface area contributed by atoms with Crippen molar-refractivity contribution in [1.82, 2.24) is 10.3 Å². The first kappa shape index (κ1) is 22.2. The molecule has 122 valence electrons. The number of nitrogens with zero attached hydrogens (tertiary/aromatic N) is 1. The fraction of sp³-hybridized carbons (Fsp3) is 0.571. The highest BCUT2D eigenvalue weighted by molar-refractivity contribution is 5.85. The number of ether oxygens (including phenoxy) is 1. The van der Waals surface area contributed by atoms with E-state index < -0.39 is 6.10 Å². The van der Waals surface area contributed by atoms with E-state index in [1.807, 2.05) is 13.8 Å². The fourth-order valence-electron chi connectivity index (χ4n) is 1.80. The number of hydrogen-bond acceptors (Lipinski definition) is 4. The van der Waals surface area contributed by atoms with Crippen molar-refractivity contribution in [3.8, 4) is 5.75 Å². The maximum Gasteiger partial charge on any atom is 0.261 e. The summed E-state index contributed by atoms with van der Waals surface area (Å²) in [5.74, 6) is 0.425. The molecule has 7 heteroatoms. The van der Waals surface area contributed by atoms with Gasteiger partial charge in [0.25, 0.3) is 5.91 Å². The lowest BCUT2D eigenvalue weighted by Gasteiger charge is -2.32. The predicted molar refractivity (Wildman–Crippen MR) is 89.3 cm³/mol. The molecule has 0 aliphatic rings. The number of pyridine rings is 1. The number of halogens is 2. The number of nitrogens with one attached hydrogen (secondary N) is 1. The standard InChI is InChI=1S/C14H23N3O2.2ClH/c1-4-14(5-2,10-15)17-13(18)11(3)19-12-7-6-8-16-9-12;;/h6-9,11H,4-5,10,15H2,1-3H3,(H,17,18);2*1H. The van der Waals surface area contributed by atoms with Gasteiger partial charge >= 0.3 is 0 Å². The Morgan fingerprint density at radius 2 is 2.05 bits per heavy atom. The summed E-state index contributed by atoms with van der Waals surface area (Å²) < 4.78 is 5.54. The maximum atomic E-state index is 12.1. The van der Waals surface area contributed by atoms with Crippen LogP contribution in [0.4, 0.5) is 0 Å². The Hall–Kier alpha value is -1.04. The topological polar surface area (TPSA) is 77.2 Å². The van der Waals surface area contributed by atoms with Gasteiger partial charge in [0.15, 0.2) is 6.10 Å². The second-order valence-electron chi connectivity index (χ2n) is 4.63. The highest BCUT2D eigenvalue weighted by Crippen LogP contribution is 2.15. The summed E-state index contributed by atoms with van der Waals surface area (Å²) in [7, 11) is 0. The molecule has 3 N–H and O–H groups in total. The van der Waals surface area contributed by atoms with Gasteiger partial charge in [0.05, 0.1) is 11.7 Å². The van der Waals surface area contributed by atoms with Gasteiger partial charge in [-0.05, 0) is 31.9 Å². The van der Waals surface area contributed by atoms with Gasteiger partial charge < -0.3 is 15.8 Å². The van der Waals surface area contributed by atoms with Gasteiger partial charge in [-0.2, -0.15) is 0 Å². The molecule has 0 saturated carbocycles. The number of rotatable bonds is 7. The molecular formula is C14H25Cl2N3O2. The summed E-state index contributed by atoms with van der Waals surface area (Å²) in [5.41, 5.74) is 5.42. The van der Waals surface area contributed by atoms with Crippen LogP contribution in [0.15, 0.2) is 24.5 Å². The number of hydrogen-bond donors (Lipinski definition) is 2. The van der Waals surface area contributed by atoms with Crippen molar-refractivity contribution in [3.05, 3.63) is 24.5 Å². The van der Waals surface area contributed by atoms with Crippen molar-refractivity contribution in [3.63, 3.8) is 0 Å². The molecule has 1 heterocycles. The quantitative estimate of drug-likeness (QED) is 0.800. The highest BCUT2D eigenvalue weighted by atomic mass is 35.5. The van der Waals surface area contributed by atoms with Gasteiger partial charge in [-0.1, -0.05) is 13.8 Å². The van der Waals surface area contributed by atoms with Crippen molar-refractivity contribution in [2.24, 2.45) is 5.73 Å². The van der Waals surface area contributed by atoms with E-state index in [-0.39, 0.29) is 36.3 Å². The lowest BCUT2D eigenvalue weighted by molar-refractivity contribution is -0.129. The summed E-state index contributed by atoms with van der Waals surface area (Å²) in [4.78, 5) is 16.1. The molecule has 0 spiro atoms. The zero-order valence-electron chi connectivity index (χ0n) is 12.7. The minimum Gasteiger partial charge on any atom is -0.479 e. The molecule has 0 radical (unpaired) electrons. The van der Waals surface area contributed by atoms with Crippen LogP contribution in [0.2, 0.25) is 0 Å². The van der Waals surface area contributed by atoms with E-state index in [0.717, 1.165) is 12.8 Å². The Bertz CT molecular complexity index is 392. The van der Waals surface area contributed by atoms with Crippen LogP contribution < -0.4 is 15.8 Å². The van der Waals surface area contributed by atoms with Crippen molar-refractivity contribution < 1.29 is 9.53 Å². The number of amides is 1. The second kappa shape index (κ2) is 10.7. The van der Waals surface area contributed by atoms with Gasteiger partial charge in [0.2, 0.25) is 0 Å². The van der Waals surface area contributed by atoms with Crippen LogP contribution in [0, 0.1) is 0 Å². The minimum absolute atomic E-state index is 0. The maximum absolute atomic E-state index is 12.1. The Kier molecular flexibility index (Phi) is 11.3. The molecule has 0 bridgehead atoms. The molecule has 0 saturated heterocycles. The fourth-order valence-corrected chi connectivity index (χ4v) is 1.80. The first-order valence-corrected chi connectivity index (χ1v) is 6.65. The second-order valence-corrected chi connectivity index (χ2v) is 4.63. The van der Waals surface area contributed by atoms with Crippen LogP contribution in [-0.4, -0.2) is 29.1 Å². The Labute approximate surface area is 138 Å². The van der Waals surface area contributed by atoms with E-state index in [2.05, 4.69) is 10.3 Å². The summed E-state index contributed by atoms with van der Waals surface area (Å²) in [5, 5.41) is 2.99. The summed E-state index contributed by atoms with van der Waals surface area (Å²) in [6, 6.07) is 3.54. The largest absolute Gasteiger partial charge is 0.479 e. The van der Waals surface area contributed by atoms with E-state index in [1.165, 1.54) is 0 Å². The average molecular weight is 338 g/mol. The van der Waals surface area contributed by atoms with Crippen LogP contribution >= 0.6 is 24.8 Å². The van der Waals surface area contributed by atoms with Crippen LogP contribution in [0.25, 0.3) is 0 Å². The highest BCUT2D eigenvalue weighted by Gasteiger charge is 2.28. The lowest BCUT2D eigenvalue weighted by atomic mass is 9.92. The van der Waals surface area contributed by atoms with Gasteiger partial charge in [0.1, 0.15) is 5.75 Å².